The van der Waals surface area contributed by atoms with Crippen molar-refractivity contribution in [2.24, 2.45) is 0 Å². The summed E-state index contributed by atoms with van der Waals surface area (Å²) in [6.07, 6.45) is 5.27. The Kier molecular flexibility index (Phi) is 4.94. The number of nitrogens with two attached hydrogens (primary N) is 1. The van der Waals surface area contributed by atoms with Crippen LogP contribution in [0.25, 0.3) is 21.9 Å². The first-order valence-corrected chi connectivity index (χ1v) is 11.6. The maximum Gasteiger partial charge on any atom is 0.261 e. The number of anilines is 2. The lowest BCUT2D eigenvalue weighted by atomic mass is 10.1. The predicted molar refractivity (Wildman–Crippen MR) is 134 cm³/mol. The molecule has 1 aliphatic heterocycles. The molecule has 176 valence electrons. The molecule has 0 aliphatic carbocycles. The average molecular weight is 468 g/mol. The van der Waals surface area contributed by atoms with Gasteiger partial charge in [-0.15, -0.1) is 0 Å². The molecule has 5 heterocycles. The fourth-order valence-corrected chi connectivity index (χ4v) is 4.85. The van der Waals surface area contributed by atoms with E-state index in [9.17, 15) is 4.79 Å². The van der Waals surface area contributed by atoms with E-state index in [0.29, 0.717) is 35.8 Å². The van der Waals surface area contributed by atoms with E-state index in [1.165, 1.54) is 6.33 Å². The molecule has 0 saturated heterocycles. The first-order valence-electron chi connectivity index (χ1n) is 11.6. The molecule has 10 nitrogen and oxygen atoms in total. The number of hydrogen-bond donors (Lipinski definition) is 2. The lowest BCUT2D eigenvalue weighted by molar-refractivity contribution is 0.693. The molecule has 3 N–H and O–H groups in total. The number of benzene rings is 1. The smallest absolute Gasteiger partial charge is 0.261 e. The minimum atomic E-state index is 0.0478. The molecule has 0 atom stereocenters. The Hall–Kier alpha value is -4.34. The lowest BCUT2D eigenvalue weighted by Crippen LogP contribution is -2.20. The molecule has 35 heavy (non-hydrogen) atoms. The number of pyridine rings is 1. The minimum absolute atomic E-state index is 0.0478. The molecule has 5 aromatic rings. The van der Waals surface area contributed by atoms with Gasteiger partial charge in [-0.25, -0.2) is 19.9 Å². The fourth-order valence-electron chi connectivity index (χ4n) is 4.85. The molecule has 6 rings (SSSR count). The number of nitrogens with one attached hydrogen (secondary N) is 1. The molecule has 0 saturated carbocycles. The molecule has 4 aromatic heterocycles. The maximum absolute atomic E-state index is 12.7. The highest BCUT2D eigenvalue weighted by Gasteiger charge is 2.16. The molecule has 0 amide bonds. The van der Waals surface area contributed by atoms with Crippen molar-refractivity contribution in [3.05, 3.63) is 75.4 Å². The average Bonchev–Trinajstić information content (AvgIpc) is 3.45. The summed E-state index contributed by atoms with van der Waals surface area (Å²) in [5.41, 5.74) is 11.3. The Morgan fingerprint density at radius 2 is 2.00 bits per heavy atom. The Labute approximate surface area is 200 Å². The molecule has 0 spiro atoms. The molecule has 1 aliphatic rings. The van der Waals surface area contributed by atoms with Gasteiger partial charge in [0.15, 0.2) is 5.65 Å². The van der Waals surface area contributed by atoms with Gasteiger partial charge >= 0.3 is 0 Å². The van der Waals surface area contributed by atoms with Crippen LogP contribution in [0.5, 0.6) is 0 Å². The first-order chi connectivity index (χ1) is 17.0. The summed E-state index contributed by atoms with van der Waals surface area (Å²) in [5.74, 6) is 2.10. The second kappa shape index (κ2) is 8.15. The second-order valence-corrected chi connectivity index (χ2v) is 9.01. The molecular weight excluding hydrogens is 442 g/mol. The van der Waals surface area contributed by atoms with Crippen LogP contribution in [0.15, 0.2) is 41.6 Å². The van der Waals surface area contributed by atoms with Gasteiger partial charge < -0.3 is 11.1 Å². The monoisotopic (exact) mass is 467 g/mol. The SMILES string of the molecule is Cc1cc(N)nc(C)c1CNc1ncnc2nn(Cc3ccc4c(=O)n5c(nc4c3)CCC5)cc12. The standard InChI is InChI=1S/C25H25N9O/c1-14-8-21(26)30-15(2)18(14)10-27-23-19-12-33(32-24(19)29-13-28-23)11-16-5-6-17-20(9-16)31-22-4-3-7-34(22)25(17)35/h5-6,8-9,12-13H,3-4,7,10-11H2,1-2H3,(H2,26,30)(H,27,28,29,32). The van der Waals surface area contributed by atoms with Crippen molar-refractivity contribution in [1.29, 1.82) is 0 Å². The van der Waals surface area contributed by atoms with Gasteiger partial charge in [0.1, 0.15) is 23.8 Å². The number of aromatic nitrogens is 7. The Bertz CT molecular complexity index is 1640. The Morgan fingerprint density at radius 1 is 1.11 bits per heavy atom. The number of hydrogen-bond acceptors (Lipinski definition) is 8. The van der Waals surface area contributed by atoms with Crippen molar-refractivity contribution in [3.63, 3.8) is 0 Å². The molecule has 0 bridgehead atoms. The third-order valence-corrected chi connectivity index (χ3v) is 6.60. The summed E-state index contributed by atoms with van der Waals surface area (Å²) in [6, 6.07) is 7.68. The minimum Gasteiger partial charge on any atom is -0.384 e. The van der Waals surface area contributed by atoms with Gasteiger partial charge in [-0.2, -0.15) is 5.10 Å². The first kappa shape index (κ1) is 21.2. The topological polar surface area (TPSA) is 129 Å². The van der Waals surface area contributed by atoms with Crippen molar-refractivity contribution in [1.82, 2.24) is 34.3 Å². The number of fused-ring (bicyclic) bond motifs is 3. The van der Waals surface area contributed by atoms with E-state index in [2.05, 4.69) is 25.4 Å². The normalized spacial score (nSPS) is 13.0. The molecule has 0 radical (unpaired) electrons. The third-order valence-electron chi connectivity index (χ3n) is 6.60. The van der Waals surface area contributed by atoms with Gasteiger partial charge in [-0.05, 0) is 55.2 Å². The van der Waals surface area contributed by atoms with Crippen LogP contribution < -0.4 is 16.6 Å². The summed E-state index contributed by atoms with van der Waals surface area (Å²) in [5, 5.41) is 9.53. The van der Waals surface area contributed by atoms with Crippen molar-refractivity contribution < 1.29 is 0 Å². The lowest BCUT2D eigenvalue weighted by Gasteiger charge is -2.12. The van der Waals surface area contributed by atoms with Crippen LogP contribution in [0, 0.1) is 13.8 Å². The highest BCUT2D eigenvalue weighted by molar-refractivity contribution is 5.85. The van der Waals surface area contributed by atoms with E-state index in [4.69, 9.17) is 10.7 Å². The molecular formula is C25H25N9O. The highest BCUT2D eigenvalue weighted by atomic mass is 16.1. The molecule has 10 heteroatoms. The predicted octanol–water partition coefficient (Wildman–Crippen LogP) is 2.74. The zero-order valence-corrected chi connectivity index (χ0v) is 19.6. The summed E-state index contributed by atoms with van der Waals surface area (Å²) in [4.78, 5) is 30.6. The zero-order chi connectivity index (χ0) is 24.1. The van der Waals surface area contributed by atoms with Gasteiger partial charge in [0.05, 0.1) is 22.8 Å². The van der Waals surface area contributed by atoms with Crippen molar-refractivity contribution in [3.8, 4) is 0 Å². The molecule has 1 aromatic carbocycles. The fraction of sp³-hybridized carbons (Fsp3) is 0.280. The van der Waals surface area contributed by atoms with Crippen LogP contribution in [0.3, 0.4) is 0 Å². The summed E-state index contributed by atoms with van der Waals surface area (Å²) in [7, 11) is 0. The van der Waals surface area contributed by atoms with Crippen LogP contribution in [-0.4, -0.2) is 34.3 Å². The largest absolute Gasteiger partial charge is 0.384 e. The number of nitrogen functional groups attached to an aromatic ring is 1. The van der Waals surface area contributed by atoms with E-state index >= 15 is 0 Å². The van der Waals surface area contributed by atoms with Crippen LogP contribution in [-0.2, 0) is 26.1 Å². The van der Waals surface area contributed by atoms with E-state index in [-0.39, 0.29) is 5.56 Å². The van der Waals surface area contributed by atoms with E-state index in [1.54, 1.807) is 4.57 Å². The van der Waals surface area contributed by atoms with Crippen LogP contribution in [0.4, 0.5) is 11.6 Å². The van der Waals surface area contributed by atoms with Crippen LogP contribution in [0.2, 0.25) is 0 Å². The number of nitrogens with zero attached hydrogens (tertiary/aromatic N) is 7. The van der Waals surface area contributed by atoms with E-state index in [1.807, 2.05) is 49.0 Å². The van der Waals surface area contributed by atoms with Crippen molar-refractivity contribution in [2.75, 3.05) is 11.1 Å². The molecule has 0 unspecified atom stereocenters. The van der Waals surface area contributed by atoms with Crippen LogP contribution in [0.1, 0.15) is 34.6 Å². The van der Waals surface area contributed by atoms with Crippen LogP contribution >= 0.6 is 0 Å². The zero-order valence-electron chi connectivity index (χ0n) is 19.6. The highest BCUT2D eigenvalue weighted by Crippen LogP contribution is 2.22. The van der Waals surface area contributed by atoms with Gasteiger partial charge in [-0.1, -0.05) is 6.07 Å². The third kappa shape index (κ3) is 3.76. The van der Waals surface area contributed by atoms with Crippen molar-refractivity contribution >= 4 is 33.6 Å². The Morgan fingerprint density at radius 3 is 2.86 bits per heavy atom. The van der Waals surface area contributed by atoms with E-state index in [0.717, 1.165) is 58.5 Å². The molecule has 0 fully saturated rings. The summed E-state index contributed by atoms with van der Waals surface area (Å²) >= 11 is 0. The van der Waals surface area contributed by atoms with Gasteiger partial charge in [0, 0.05) is 31.4 Å². The van der Waals surface area contributed by atoms with Gasteiger partial charge in [0.2, 0.25) is 0 Å². The van der Waals surface area contributed by atoms with Gasteiger partial charge in [0.25, 0.3) is 5.56 Å². The maximum atomic E-state index is 12.7. The second-order valence-electron chi connectivity index (χ2n) is 9.01. The number of rotatable bonds is 5. The summed E-state index contributed by atoms with van der Waals surface area (Å²) in [6.45, 7) is 5.83. The Balaban J connectivity index is 1.28. The number of aryl methyl sites for hydroxylation is 3. The van der Waals surface area contributed by atoms with Crippen molar-refractivity contribution in [2.45, 2.75) is 46.3 Å². The summed E-state index contributed by atoms with van der Waals surface area (Å²) < 4.78 is 3.63. The van der Waals surface area contributed by atoms with E-state index < -0.39 is 0 Å². The quantitative estimate of drug-likeness (QED) is 0.404. The van der Waals surface area contributed by atoms with Gasteiger partial charge in [-0.3, -0.25) is 14.0 Å².